The lowest BCUT2D eigenvalue weighted by Crippen LogP contribution is -2.25. The van der Waals surface area contributed by atoms with Crippen LogP contribution < -0.4 is 19.5 Å². The third-order valence-corrected chi connectivity index (χ3v) is 7.29. The lowest BCUT2D eigenvalue weighted by molar-refractivity contribution is 0.0952. The maximum absolute atomic E-state index is 13.1. The molecular weight excluding hydrogens is 547 g/mol. The minimum absolute atomic E-state index is 0.0142. The molecule has 0 heterocycles. The molecule has 2 N–H and O–H groups in total. The first kappa shape index (κ1) is 27.3. The van der Waals surface area contributed by atoms with Crippen LogP contribution in [0.1, 0.15) is 22.8 Å². The van der Waals surface area contributed by atoms with Gasteiger partial charge in [-0.1, -0.05) is 47.5 Å². The highest BCUT2D eigenvalue weighted by Crippen LogP contribution is 2.30. The predicted octanol–water partition coefficient (Wildman–Crippen LogP) is 6.92. The van der Waals surface area contributed by atoms with Crippen LogP contribution in [0.25, 0.3) is 0 Å². The van der Waals surface area contributed by atoms with Gasteiger partial charge in [0.1, 0.15) is 17.2 Å². The zero-order chi connectivity index (χ0) is 27.1. The Morgan fingerprint density at radius 3 is 2.24 bits per heavy atom. The molecule has 196 valence electrons. The number of sulfonamides is 1. The average Bonchev–Trinajstić information content (AvgIpc) is 2.91. The first-order valence-corrected chi connectivity index (χ1v) is 13.8. The average molecular weight is 571 g/mol. The van der Waals surface area contributed by atoms with E-state index in [0.717, 1.165) is 11.3 Å². The molecule has 0 atom stereocenters. The number of amides is 1. The lowest BCUT2D eigenvalue weighted by atomic mass is 10.1. The van der Waals surface area contributed by atoms with Crippen molar-refractivity contribution in [3.8, 4) is 17.2 Å². The van der Waals surface area contributed by atoms with Crippen molar-refractivity contribution in [2.75, 3.05) is 11.3 Å². The van der Waals surface area contributed by atoms with Gasteiger partial charge in [0.2, 0.25) is 0 Å². The number of carbonyl (C=O) groups is 1. The van der Waals surface area contributed by atoms with E-state index in [9.17, 15) is 13.2 Å². The molecular formula is C28H24Cl2N2O5S. The van der Waals surface area contributed by atoms with Gasteiger partial charge in [0.15, 0.2) is 0 Å². The highest BCUT2D eigenvalue weighted by molar-refractivity contribution is 7.92. The van der Waals surface area contributed by atoms with Gasteiger partial charge < -0.3 is 14.8 Å². The molecule has 0 saturated carbocycles. The van der Waals surface area contributed by atoms with Gasteiger partial charge >= 0.3 is 0 Å². The number of carbonyl (C=O) groups excluding carboxylic acids is 1. The Balaban J connectivity index is 1.47. The minimum Gasteiger partial charge on any atom is -0.494 e. The summed E-state index contributed by atoms with van der Waals surface area (Å²) in [6, 6.07) is 24.5. The zero-order valence-corrected chi connectivity index (χ0v) is 22.6. The zero-order valence-electron chi connectivity index (χ0n) is 20.3. The Bertz CT molecular complexity index is 1530. The Labute approximate surface area is 231 Å². The van der Waals surface area contributed by atoms with Crippen LogP contribution in [0.15, 0.2) is 95.9 Å². The monoisotopic (exact) mass is 570 g/mol. The second kappa shape index (κ2) is 12.2. The summed E-state index contributed by atoms with van der Waals surface area (Å²) in [7, 11) is -4.03. The number of rotatable bonds is 10. The molecule has 0 fully saturated rings. The SMILES string of the molecule is CCOc1ccc(CNC(=O)c2cc(Cl)ccc2NS(=O)(=O)c2ccc(Oc3ccccc3Cl)cc2)cc1. The summed E-state index contributed by atoms with van der Waals surface area (Å²) in [6.07, 6.45) is 0. The highest BCUT2D eigenvalue weighted by atomic mass is 35.5. The second-order valence-electron chi connectivity index (χ2n) is 8.06. The molecule has 4 rings (SSSR count). The normalized spacial score (nSPS) is 11.0. The number of halogens is 2. The number of anilines is 1. The second-order valence-corrected chi connectivity index (χ2v) is 10.6. The molecule has 4 aromatic carbocycles. The van der Waals surface area contributed by atoms with Crippen LogP contribution in [0.4, 0.5) is 5.69 Å². The molecule has 0 aliphatic carbocycles. The van der Waals surface area contributed by atoms with Gasteiger partial charge in [-0.05, 0) is 79.2 Å². The molecule has 0 bridgehead atoms. The van der Waals surface area contributed by atoms with E-state index in [0.29, 0.717) is 28.2 Å². The molecule has 0 aromatic heterocycles. The van der Waals surface area contributed by atoms with Gasteiger partial charge in [0.25, 0.3) is 15.9 Å². The molecule has 0 spiro atoms. The fourth-order valence-electron chi connectivity index (χ4n) is 3.49. The molecule has 0 aliphatic heterocycles. The molecule has 0 unspecified atom stereocenters. The number of benzene rings is 4. The fourth-order valence-corrected chi connectivity index (χ4v) is 4.91. The Morgan fingerprint density at radius 1 is 0.868 bits per heavy atom. The predicted molar refractivity (Wildman–Crippen MR) is 149 cm³/mol. The van der Waals surface area contributed by atoms with Crippen molar-refractivity contribution in [2.24, 2.45) is 0 Å². The first-order valence-electron chi connectivity index (χ1n) is 11.6. The van der Waals surface area contributed by atoms with Crippen molar-refractivity contribution in [1.82, 2.24) is 5.32 Å². The van der Waals surface area contributed by atoms with E-state index in [-0.39, 0.29) is 22.7 Å². The Morgan fingerprint density at radius 2 is 1.55 bits per heavy atom. The molecule has 10 heteroatoms. The summed E-state index contributed by atoms with van der Waals surface area (Å²) in [6.45, 7) is 2.69. The van der Waals surface area contributed by atoms with Gasteiger partial charge in [0.05, 0.1) is 27.8 Å². The van der Waals surface area contributed by atoms with Gasteiger partial charge in [-0.25, -0.2) is 8.42 Å². The van der Waals surface area contributed by atoms with Gasteiger partial charge in [-0.2, -0.15) is 0 Å². The van der Waals surface area contributed by atoms with Crippen molar-refractivity contribution >= 4 is 44.8 Å². The summed E-state index contributed by atoms with van der Waals surface area (Å²) in [5.74, 6) is 1.11. The van der Waals surface area contributed by atoms with E-state index in [1.54, 1.807) is 24.3 Å². The Kier molecular flexibility index (Phi) is 8.78. The Hall–Kier alpha value is -3.72. The minimum atomic E-state index is -4.03. The molecule has 0 saturated heterocycles. The van der Waals surface area contributed by atoms with Crippen LogP contribution in [0.2, 0.25) is 10.0 Å². The third-order valence-electron chi connectivity index (χ3n) is 5.36. The van der Waals surface area contributed by atoms with Crippen LogP contribution in [-0.2, 0) is 16.6 Å². The van der Waals surface area contributed by atoms with Crippen molar-refractivity contribution in [3.63, 3.8) is 0 Å². The van der Waals surface area contributed by atoms with Crippen LogP contribution in [0.5, 0.6) is 17.2 Å². The number of hydrogen-bond acceptors (Lipinski definition) is 5. The highest BCUT2D eigenvalue weighted by Gasteiger charge is 2.20. The topological polar surface area (TPSA) is 93.7 Å². The van der Waals surface area contributed by atoms with Crippen molar-refractivity contribution < 1.29 is 22.7 Å². The van der Waals surface area contributed by atoms with E-state index >= 15 is 0 Å². The molecule has 1 amide bonds. The van der Waals surface area contributed by atoms with E-state index in [4.69, 9.17) is 32.7 Å². The van der Waals surface area contributed by atoms with Gasteiger partial charge in [-0.15, -0.1) is 0 Å². The summed E-state index contributed by atoms with van der Waals surface area (Å²) in [5.41, 5.74) is 1.03. The largest absolute Gasteiger partial charge is 0.494 e. The van der Waals surface area contributed by atoms with Crippen molar-refractivity contribution in [2.45, 2.75) is 18.4 Å². The van der Waals surface area contributed by atoms with Crippen LogP contribution >= 0.6 is 23.2 Å². The molecule has 0 radical (unpaired) electrons. The van der Waals surface area contributed by atoms with Gasteiger partial charge in [0, 0.05) is 11.6 Å². The summed E-state index contributed by atoms with van der Waals surface area (Å²) in [4.78, 5) is 13.0. The number of hydrogen-bond donors (Lipinski definition) is 2. The van der Waals surface area contributed by atoms with E-state index in [1.807, 2.05) is 31.2 Å². The van der Waals surface area contributed by atoms with Crippen molar-refractivity contribution in [3.05, 3.63) is 112 Å². The summed E-state index contributed by atoms with van der Waals surface area (Å²) in [5, 5.41) is 3.52. The van der Waals surface area contributed by atoms with Crippen LogP contribution in [0, 0.1) is 0 Å². The number of nitrogens with one attached hydrogen (secondary N) is 2. The number of para-hydroxylation sites is 1. The van der Waals surface area contributed by atoms with E-state index in [1.165, 1.54) is 42.5 Å². The van der Waals surface area contributed by atoms with E-state index in [2.05, 4.69) is 10.0 Å². The molecule has 38 heavy (non-hydrogen) atoms. The smallest absolute Gasteiger partial charge is 0.261 e. The van der Waals surface area contributed by atoms with Crippen LogP contribution in [-0.4, -0.2) is 20.9 Å². The quantitative estimate of drug-likeness (QED) is 0.216. The summed E-state index contributed by atoms with van der Waals surface area (Å²) < 4.78 is 39.8. The maximum Gasteiger partial charge on any atom is 0.261 e. The standard InChI is InChI=1S/C28H24Cl2N2O5S/c1-2-36-21-10-7-19(8-11-21)18-31-28(33)24-17-20(29)9-16-26(24)32-38(34,35)23-14-12-22(13-15-23)37-27-6-4-3-5-25(27)30/h3-17,32H,2,18H2,1H3,(H,31,33). The van der Waals surface area contributed by atoms with Crippen molar-refractivity contribution in [1.29, 1.82) is 0 Å². The first-order chi connectivity index (χ1) is 18.2. The fraction of sp³-hybridized carbons (Fsp3) is 0.107. The van der Waals surface area contributed by atoms with Crippen LogP contribution in [0.3, 0.4) is 0 Å². The number of ether oxygens (including phenoxy) is 2. The third kappa shape index (κ3) is 6.98. The molecule has 0 aliphatic rings. The van der Waals surface area contributed by atoms with Gasteiger partial charge in [-0.3, -0.25) is 9.52 Å². The lowest BCUT2D eigenvalue weighted by Gasteiger charge is -2.14. The summed E-state index contributed by atoms with van der Waals surface area (Å²) >= 11 is 12.2. The molecule has 7 nitrogen and oxygen atoms in total. The van der Waals surface area contributed by atoms with E-state index < -0.39 is 15.9 Å². The maximum atomic E-state index is 13.1. The molecule has 4 aromatic rings.